The molecular formula is C5H3BrNO. The molecule has 0 aromatic carbocycles. The van der Waals surface area contributed by atoms with Gasteiger partial charge in [0.1, 0.15) is 0 Å². The van der Waals surface area contributed by atoms with Crippen LogP contribution in [0.15, 0.2) is 22.8 Å². The number of halogens is 1. The van der Waals surface area contributed by atoms with E-state index < -0.39 is 0 Å². The monoisotopic (exact) mass is 172 g/mol. The average Bonchev–Trinajstić information content (AvgIpc) is 1.64. The van der Waals surface area contributed by atoms with Crippen LogP contribution < -0.4 is 4.73 Å². The molecule has 1 aromatic heterocycles. The molecule has 1 rings (SSSR count). The number of hydrogen-bond donors (Lipinski definition) is 0. The Bertz CT molecular complexity index is 172. The minimum Gasteiger partial charge on any atom is -0.618 e. The minimum absolute atomic E-state index is 0.615. The highest BCUT2D eigenvalue weighted by Crippen LogP contribution is 2.01. The first-order chi connectivity index (χ1) is 3.79. The van der Waals surface area contributed by atoms with Crippen LogP contribution in [0.5, 0.6) is 0 Å². The molecule has 8 heavy (non-hydrogen) atoms. The maximum absolute atomic E-state index is 10.3. The Labute approximate surface area is 55.5 Å². The van der Waals surface area contributed by atoms with E-state index in [0.717, 1.165) is 4.47 Å². The van der Waals surface area contributed by atoms with Gasteiger partial charge in [0.05, 0.1) is 4.47 Å². The van der Waals surface area contributed by atoms with E-state index in [4.69, 9.17) is 0 Å². The van der Waals surface area contributed by atoms with Crippen LogP contribution in [0.1, 0.15) is 0 Å². The molecule has 1 aromatic rings. The fraction of sp³-hybridized carbons (Fsp3) is 0. The summed E-state index contributed by atoms with van der Waals surface area (Å²) in [5.41, 5.74) is 0. The van der Waals surface area contributed by atoms with Gasteiger partial charge < -0.3 is 5.21 Å². The third-order valence-corrected chi connectivity index (χ3v) is 1.15. The van der Waals surface area contributed by atoms with Crippen LogP contribution in [0.2, 0.25) is 0 Å². The number of hydrogen-bond acceptors (Lipinski definition) is 1. The fourth-order valence-corrected chi connectivity index (χ4v) is 0.701. The van der Waals surface area contributed by atoms with Gasteiger partial charge in [-0.05, 0) is 22.0 Å². The van der Waals surface area contributed by atoms with E-state index in [2.05, 4.69) is 22.1 Å². The van der Waals surface area contributed by atoms with Gasteiger partial charge in [-0.25, -0.2) is 0 Å². The van der Waals surface area contributed by atoms with Crippen molar-refractivity contribution in [1.82, 2.24) is 0 Å². The molecule has 0 spiro atoms. The summed E-state index contributed by atoms with van der Waals surface area (Å²) in [4.78, 5) is 0. The minimum atomic E-state index is 0.615. The summed E-state index contributed by atoms with van der Waals surface area (Å²) in [6.45, 7) is 0. The van der Waals surface area contributed by atoms with Gasteiger partial charge in [0.15, 0.2) is 6.20 Å². The van der Waals surface area contributed by atoms with Crippen molar-refractivity contribution in [3.05, 3.63) is 34.2 Å². The largest absolute Gasteiger partial charge is 0.618 e. The van der Waals surface area contributed by atoms with E-state index in [9.17, 15) is 5.21 Å². The smallest absolute Gasteiger partial charge is 0.289 e. The number of pyridine rings is 1. The highest BCUT2D eigenvalue weighted by Gasteiger charge is 1.88. The van der Waals surface area contributed by atoms with Crippen molar-refractivity contribution in [1.29, 1.82) is 0 Å². The maximum atomic E-state index is 10.3. The molecule has 0 aliphatic carbocycles. The molecule has 0 N–H and O–H groups in total. The summed E-state index contributed by atoms with van der Waals surface area (Å²) >= 11 is 3.12. The molecular weight excluding hydrogens is 170 g/mol. The van der Waals surface area contributed by atoms with Crippen molar-refractivity contribution in [3.8, 4) is 0 Å². The van der Waals surface area contributed by atoms with Crippen LogP contribution in [0.4, 0.5) is 0 Å². The van der Waals surface area contributed by atoms with Crippen molar-refractivity contribution in [2.45, 2.75) is 0 Å². The highest BCUT2D eigenvalue weighted by atomic mass is 79.9. The van der Waals surface area contributed by atoms with Crippen LogP contribution in [-0.4, -0.2) is 0 Å². The lowest BCUT2D eigenvalue weighted by Gasteiger charge is -1.89. The Morgan fingerprint density at radius 1 is 1.75 bits per heavy atom. The Morgan fingerprint density at radius 3 is 2.88 bits per heavy atom. The second-order valence-electron chi connectivity index (χ2n) is 1.30. The first-order valence-electron chi connectivity index (χ1n) is 2.05. The Hall–Kier alpha value is -0.570. The van der Waals surface area contributed by atoms with Crippen LogP contribution in [-0.2, 0) is 0 Å². The number of rotatable bonds is 0. The van der Waals surface area contributed by atoms with Gasteiger partial charge in [0, 0.05) is 6.07 Å². The molecule has 0 atom stereocenters. The summed E-state index contributed by atoms with van der Waals surface area (Å²) < 4.78 is 1.38. The van der Waals surface area contributed by atoms with Crippen molar-refractivity contribution < 1.29 is 4.73 Å². The molecule has 1 radical (unpaired) electrons. The Kier molecular flexibility index (Phi) is 1.48. The lowest BCUT2D eigenvalue weighted by molar-refractivity contribution is -0.610. The summed E-state index contributed by atoms with van der Waals surface area (Å²) in [5, 5.41) is 10.3. The third kappa shape index (κ3) is 1.20. The number of nitrogens with zero attached hydrogens (tertiary/aromatic N) is 1. The summed E-state index contributed by atoms with van der Waals surface area (Å²) in [5.74, 6) is 0. The third-order valence-electron chi connectivity index (χ3n) is 0.685. The predicted molar refractivity (Wildman–Crippen MR) is 31.9 cm³/mol. The highest BCUT2D eigenvalue weighted by molar-refractivity contribution is 9.10. The second kappa shape index (κ2) is 2.13. The van der Waals surface area contributed by atoms with Gasteiger partial charge in [0.2, 0.25) is 0 Å². The Balaban J connectivity index is 3.08. The summed E-state index contributed by atoms with van der Waals surface area (Å²) in [7, 11) is 0. The molecule has 0 bridgehead atoms. The quantitative estimate of drug-likeness (QED) is 0.422. The van der Waals surface area contributed by atoms with Crippen molar-refractivity contribution in [2.24, 2.45) is 0 Å². The summed E-state index contributed by atoms with van der Waals surface area (Å²) in [6, 6.07) is 3.30. The molecule has 2 nitrogen and oxygen atoms in total. The topological polar surface area (TPSA) is 26.9 Å². The van der Waals surface area contributed by atoms with E-state index in [1.807, 2.05) is 0 Å². The SMILES string of the molecule is [O-][n+]1[c]ccc(Br)c1. The molecule has 0 aliphatic heterocycles. The van der Waals surface area contributed by atoms with E-state index >= 15 is 0 Å². The van der Waals surface area contributed by atoms with Gasteiger partial charge in [-0.3, -0.25) is 0 Å². The molecule has 0 aliphatic rings. The Morgan fingerprint density at radius 2 is 2.50 bits per heavy atom. The zero-order valence-corrected chi connectivity index (χ0v) is 5.55. The standard InChI is InChI=1S/C5H3BrNO/c6-5-2-1-3-7(8)4-5/h1-2,4H. The molecule has 0 saturated carbocycles. The molecule has 0 fully saturated rings. The van der Waals surface area contributed by atoms with Gasteiger partial charge in [-0.15, -0.1) is 0 Å². The van der Waals surface area contributed by atoms with Crippen molar-refractivity contribution in [2.75, 3.05) is 0 Å². The van der Waals surface area contributed by atoms with Gasteiger partial charge >= 0.3 is 0 Å². The van der Waals surface area contributed by atoms with E-state index in [1.54, 1.807) is 12.1 Å². The second-order valence-corrected chi connectivity index (χ2v) is 2.22. The van der Waals surface area contributed by atoms with Crippen LogP contribution in [0.3, 0.4) is 0 Å². The summed E-state index contributed by atoms with van der Waals surface area (Å²) in [6.07, 6.45) is 3.79. The molecule has 41 valence electrons. The molecule has 1 heterocycles. The lowest BCUT2D eigenvalue weighted by Crippen LogP contribution is -2.24. The van der Waals surface area contributed by atoms with Crippen LogP contribution in [0.25, 0.3) is 0 Å². The predicted octanol–water partition coefficient (Wildman–Crippen LogP) is 0.883. The normalized spacial score (nSPS) is 9.12. The van der Waals surface area contributed by atoms with Gasteiger partial charge in [0.25, 0.3) is 6.20 Å². The maximum Gasteiger partial charge on any atom is 0.289 e. The van der Waals surface area contributed by atoms with Crippen LogP contribution >= 0.6 is 15.9 Å². The lowest BCUT2D eigenvalue weighted by atomic mass is 10.5. The molecule has 0 saturated heterocycles. The van der Waals surface area contributed by atoms with Crippen LogP contribution in [0, 0.1) is 11.4 Å². The average molecular weight is 173 g/mol. The van der Waals surface area contributed by atoms with Crippen molar-refractivity contribution in [3.63, 3.8) is 0 Å². The van der Waals surface area contributed by atoms with Gasteiger partial charge in [-0.1, -0.05) is 0 Å². The first kappa shape index (κ1) is 5.56. The molecule has 0 amide bonds. The van der Waals surface area contributed by atoms with E-state index in [-0.39, 0.29) is 0 Å². The fourth-order valence-electron chi connectivity index (χ4n) is 0.383. The van der Waals surface area contributed by atoms with E-state index in [1.165, 1.54) is 6.20 Å². The van der Waals surface area contributed by atoms with Gasteiger partial charge in [-0.2, -0.15) is 4.73 Å². The zero-order valence-electron chi connectivity index (χ0n) is 3.97. The number of aromatic nitrogens is 1. The first-order valence-corrected chi connectivity index (χ1v) is 2.85. The van der Waals surface area contributed by atoms with E-state index in [0.29, 0.717) is 4.73 Å². The molecule has 3 heteroatoms. The van der Waals surface area contributed by atoms with Crippen molar-refractivity contribution >= 4 is 15.9 Å². The zero-order chi connectivity index (χ0) is 5.98. The molecule has 0 unspecified atom stereocenters.